The van der Waals surface area contributed by atoms with E-state index in [1.54, 1.807) is 23.1 Å². The molecule has 1 aromatic rings. The zero-order chi connectivity index (χ0) is 26.9. The number of carbonyl (C=O) groups excluding carboxylic acids is 3. The van der Waals surface area contributed by atoms with E-state index in [0.29, 0.717) is 39.0 Å². The number of methoxy groups -OCH3 is 1. The number of aldehydes is 1. The minimum Gasteiger partial charge on any atom is -0.493 e. The Bertz CT molecular complexity index is 995. The summed E-state index contributed by atoms with van der Waals surface area (Å²) in [7, 11) is 1.46. The normalized spacial score (nSPS) is 21.1. The zero-order valence-corrected chi connectivity index (χ0v) is 23.6. The second-order valence-electron chi connectivity index (χ2n) is 9.53. The van der Waals surface area contributed by atoms with Gasteiger partial charge >= 0.3 is 0 Å². The highest BCUT2D eigenvalue weighted by Gasteiger charge is 2.43. The van der Waals surface area contributed by atoms with Gasteiger partial charge in [0.25, 0.3) is 0 Å². The van der Waals surface area contributed by atoms with E-state index < -0.39 is 18.2 Å². The van der Waals surface area contributed by atoms with Gasteiger partial charge in [-0.1, -0.05) is 26.2 Å². The molecule has 0 bridgehead atoms. The highest BCUT2D eigenvalue weighted by molar-refractivity contribution is 14.1. The number of aliphatic hydroxyl groups excluding tert-OH is 2. The highest BCUT2D eigenvalue weighted by atomic mass is 127. The van der Waals surface area contributed by atoms with Crippen molar-refractivity contribution < 1.29 is 34.1 Å². The molecule has 1 aromatic carbocycles. The van der Waals surface area contributed by atoms with Gasteiger partial charge in [-0.05, 0) is 60.1 Å². The molecule has 0 spiro atoms. The van der Waals surface area contributed by atoms with E-state index >= 15 is 0 Å². The van der Waals surface area contributed by atoms with Crippen molar-refractivity contribution in [3.05, 3.63) is 32.9 Å². The zero-order valence-electron chi connectivity index (χ0n) is 21.5. The third kappa shape index (κ3) is 7.67. The SMILES string of the molecule is CCCCCCN(C(=O)C1CC1)[C@@H]1CC(C(=O)NCCO)=C[C@H](Oc2c(I)cc(C=O)cc2OC)[C@H]1O. The van der Waals surface area contributed by atoms with Gasteiger partial charge in [0.2, 0.25) is 11.8 Å². The number of rotatable bonds is 14. The van der Waals surface area contributed by atoms with Crippen molar-refractivity contribution in [2.45, 2.75) is 70.1 Å². The van der Waals surface area contributed by atoms with Gasteiger partial charge in [-0.3, -0.25) is 14.4 Å². The number of ether oxygens (including phenoxy) is 2. The molecule has 0 aromatic heterocycles. The van der Waals surface area contributed by atoms with Gasteiger partial charge in [0.15, 0.2) is 11.5 Å². The maximum Gasteiger partial charge on any atom is 0.247 e. The highest BCUT2D eigenvalue weighted by Crippen LogP contribution is 2.38. The first-order chi connectivity index (χ1) is 17.8. The first kappa shape index (κ1) is 29.4. The Morgan fingerprint density at radius 1 is 1.24 bits per heavy atom. The van der Waals surface area contributed by atoms with Gasteiger partial charge in [0.1, 0.15) is 18.5 Å². The van der Waals surface area contributed by atoms with E-state index in [-0.39, 0.29) is 37.3 Å². The number of halogens is 1. The molecule has 0 saturated heterocycles. The molecule has 0 aliphatic heterocycles. The molecule has 3 rings (SSSR count). The van der Waals surface area contributed by atoms with E-state index in [1.807, 2.05) is 22.6 Å². The molecule has 0 radical (unpaired) electrons. The molecule has 37 heavy (non-hydrogen) atoms. The largest absolute Gasteiger partial charge is 0.493 e. The van der Waals surface area contributed by atoms with Crippen molar-refractivity contribution in [1.29, 1.82) is 0 Å². The molecule has 1 fully saturated rings. The van der Waals surface area contributed by atoms with Crippen LogP contribution in [0.1, 0.15) is 62.2 Å². The molecule has 2 aliphatic carbocycles. The number of aliphatic hydroxyl groups is 2. The standard InChI is InChI=1S/C27H37IN2O7/c1-3-4-5-6-10-30(27(35)18-7-8-18)21-14-19(26(34)29-9-11-31)15-22(24(21)33)37-25-20(28)12-17(16-32)13-23(25)36-2/h12-13,15-16,18,21-22,24,31,33H,3-11,14H2,1-2H3,(H,29,34)/t21-,22+,24+/m1/s1. The number of amides is 2. The molecule has 1 saturated carbocycles. The molecule has 10 heteroatoms. The Morgan fingerprint density at radius 2 is 2.00 bits per heavy atom. The predicted molar refractivity (Wildman–Crippen MR) is 147 cm³/mol. The minimum absolute atomic E-state index is 0.0128. The van der Waals surface area contributed by atoms with Crippen LogP contribution in [0.3, 0.4) is 0 Å². The number of hydrogen-bond donors (Lipinski definition) is 3. The fraction of sp³-hybridized carbons (Fsp3) is 0.593. The van der Waals surface area contributed by atoms with E-state index in [2.05, 4.69) is 12.2 Å². The summed E-state index contributed by atoms with van der Waals surface area (Å²) in [6.45, 7) is 2.52. The second-order valence-corrected chi connectivity index (χ2v) is 10.7. The Kier molecular flexibility index (Phi) is 11.2. The van der Waals surface area contributed by atoms with Crippen LogP contribution in [0, 0.1) is 9.49 Å². The van der Waals surface area contributed by atoms with Gasteiger partial charge in [-0.2, -0.15) is 0 Å². The summed E-state index contributed by atoms with van der Waals surface area (Å²) in [5.41, 5.74) is 0.804. The molecule has 3 atom stereocenters. The van der Waals surface area contributed by atoms with Crippen LogP contribution in [0.5, 0.6) is 11.5 Å². The Hall–Kier alpha value is -2.18. The lowest BCUT2D eigenvalue weighted by atomic mass is 9.87. The lowest BCUT2D eigenvalue weighted by Crippen LogP contribution is -2.55. The summed E-state index contributed by atoms with van der Waals surface area (Å²) in [6, 6.07) is 2.55. The van der Waals surface area contributed by atoms with Crippen LogP contribution >= 0.6 is 22.6 Å². The first-order valence-corrected chi connectivity index (χ1v) is 14.0. The maximum absolute atomic E-state index is 13.3. The lowest BCUT2D eigenvalue weighted by Gasteiger charge is -2.41. The molecule has 204 valence electrons. The monoisotopic (exact) mass is 628 g/mol. The van der Waals surface area contributed by atoms with E-state index in [9.17, 15) is 19.5 Å². The molecular formula is C27H37IN2O7. The summed E-state index contributed by atoms with van der Waals surface area (Å²) in [6.07, 6.45) is 6.05. The van der Waals surface area contributed by atoms with Crippen molar-refractivity contribution in [1.82, 2.24) is 10.2 Å². The fourth-order valence-corrected chi connectivity index (χ4v) is 5.30. The van der Waals surface area contributed by atoms with Crippen LogP contribution in [0.25, 0.3) is 0 Å². The summed E-state index contributed by atoms with van der Waals surface area (Å²) in [4.78, 5) is 39.3. The van der Waals surface area contributed by atoms with Crippen LogP contribution in [0.2, 0.25) is 0 Å². The van der Waals surface area contributed by atoms with Crippen molar-refractivity contribution in [2.75, 3.05) is 26.8 Å². The Labute approximate surface area is 231 Å². The molecular weight excluding hydrogens is 591 g/mol. The first-order valence-electron chi connectivity index (χ1n) is 12.9. The van der Waals surface area contributed by atoms with Crippen molar-refractivity contribution in [3.63, 3.8) is 0 Å². The Balaban J connectivity index is 1.94. The maximum atomic E-state index is 13.3. The molecule has 9 nitrogen and oxygen atoms in total. The minimum atomic E-state index is -1.09. The van der Waals surface area contributed by atoms with Crippen molar-refractivity contribution in [3.8, 4) is 11.5 Å². The van der Waals surface area contributed by atoms with E-state index in [1.165, 1.54) is 7.11 Å². The third-order valence-electron chi connectivity index (χ3n) is 6.72. The number of benzene rings is 1. The summed E-state index contributed by atoms with van der Waals surface area (Å²) < 4.78 is 12.3. The quantitative estimate of drug-likeness (QED) is 0.165. The average molecular weight is 629 g/mol. The molecule has 2 amide bonds. The van der Waals surface area contributed by atoms with E-state index in [4.69, 9.17) is 14.6 Å². The van der Waals surface area contributed by atoms with Crippen LogP contribution < -0.4 is 14.8 Å². The van der Waals surface area contributed by atoms with Crippen LogP contribution in [-0.4, -0.2) is 78.3 Å². The molecule has 0 unspecified atom stereocenters. The number of nitrogens with zero attached hydrogens (tertiary/aromatic N) is 1. The van der Waals surface area contributed by atoms with Crippen LogP contribution in [0.4, 0.5) is 0 Å². The average Bonchev–Trinajstić information content (AvgIpc) is 3.75. The van der Waals surface area contributed by atoms with E-state index in [0.717, 1.165) is 38.5 Å². The van der Waals surface area contributed by atoms with Gasteiger partial charge in [-0.25, -0.2) is 0 Å². The predicted octanol–water partition coefficient (Wildman–Crippen LogP) is 2.85. The summed E-state index contributed by atoms with van der Waals surface area (Å²) in [5.74, 6) is 0.273. The second kappa shape index (κ2) is 14.1. The molecule has 3 N–H and O–H groups in total. The summed E-state index contributed by atoms with van der Waals surface area (Å²) >= 11 is 2.03. The number of nitrogens with one attached hydrogen (secondary N) is 1. The number of hydrogen-bond acceptors (Lipinski definition) is 7. The molecule has 2 aliphatic rings. The van der Waals surface area contributed by atoms with Crippen molar-refractivity contribution in [2.24, 2.45) is 5.92 Å². The Morgan fingerprint density at radius 3 is 2.62 bits per heavy atom. The van der Waals surface area contributed by atoms with Crippen molar-refractivity contribution >= 4 is 40.7 Å². The number of carbonyl (C=O) groups is 3. The van der Waals surface area contributed by atoms with Gasteiger partial charge < -0.3 is 29.9 Å². The smallest absolute Gasteiger partial charge is 0.247 e. The third-order valence-corrected chi connectivity index (χ3v) is 7.52. The van der Waals surface area contributed by atoms with Gasteiger partial charge in [-0.15, -0.1) is 0 Å². The van der Waals surface area contributed by atoms with Crippen LogP contribution in [0.15, 0.2) is 23.8 Å². The fourth-order valence-electron chi connectivity index (χ4n) is 4.55. The number of unbranched alkanes of at least 4 members (excludes halogenated alkanes) is 3. The van der Waals surface area contributed by atoms with Gasteiger partial charge in [0.05, 0.1) is 23.3 Å². The molecule has 0 heterocycles. The van der Waals surface area contributed by atoms with Gasteiger partial charge in [0, 0.05) is 36.6 Å². The van der Waals surface area contributed by atoms with Crippen LogP contribution in [-0.2, 0) is 9.59 Å². The summed E-state index contributed by atoms with van der Waals surface area (Å²) in [5, 5.41) is 23.3. The lowest BCUT2D eigenvalue weighted by molar-refractivity contribution is -0.140. The topological polar surface area (TPSA) is 125 Å².